The van der Waals surface area contributed by atoms with E-state index in [1.165, 1.54) is 0 Å². The summed E-state index contributed by atoms with van der Waals surface area (Å²) in [4.78, 5) is 16.5. The van der Waals surface area contributed by atoms with Gasteiger partial charge in [-0.2, -0.15) is 0 Å². The molecule has 0 atom stereocenters. The van der Waals surface area contributed by atoms with E-state index in [4.69, 9.17) is 0 Å². The molecule has 2 rings (SSSR count). The Morgan fingerprint density at radius 1 is 1.35 bits per heavy atom. The molecule has 0 unspecified atom stereocenters. The molecule has 0 saturated heterocycles. The van der Waals surface area contributed by atoms with Crippen LogP contribution in [0, 0.1) is 5.41 Å². The fraction of sp³-hybridized carbons (Fsp3) is 0.385. The molecule has 0 aliphatic rings. The second kappa shape index (κ2) is 4.61. The lowest BCUT2D eigenvalue weighted by Gasteiger charge is -2.22. The molecule has 0 aliphatic carbocycles. The third kappa shape index (κ3) is 2.57. The van der Waals surface area contributed by atoms with Gasteiger partial charge in [-0.25, -0.2) is 4.98 Å². The number of nitrogens with zero attached hydrogens (tertiary/aromatic N) is 2. The smallest absolute Gasteiger partial charge is 0.261 e. The van der Waals surface area contributed by atoms with Crippen molar-refractivity contribution >= 4 is 26.8 Å². The molecule has 1 heterocycles. The Bertz CT molecular complexity index is 589. The molecule has 2 aromatic rings. The second-order valence-electron chi connectivity index (χ2n) is 4.99. The quantitative estimate of drug-likeness (QED) is 0.816. The fourth-order valence-corrected chi connectivity index (χ4v) is 1.90. The van der Waals surface area contributed by atoms with Crippen molar-refractivity contribution < 1.29 is 0 Å². The lowest BCUT2D eigenvalue weighted by molar-refractivity contribution is 0.348. The summed E-state index contributed by atoms with van der Waals surface area (Å²) in [6, 6.07) is 7.44. The van der Waals surface area contributed by atoms with E-state index in [1.54, 1.807) is 10.9 Å². The Morgan fingerprint density at radius 2 is 2.06 bits per heavy atom. The number of hydrogen-bond acceptors (Lipinski definition) is 2. The monoisotopic (exact) mass is 294 g/mol. The fourth-order valence-electron chi connectivity index (χ4n) is 1.72. The van der Waals surface area contributed by atoms with Crippen molar-refractivity contribution in [3.63, 3.8) is 0 Å². The van der Waals surface area contributed by atoms with Gasteiger partial charge in [0.15, 0.2) is 0 Å². The summed E-state index contributed by atoms with van der Waals surface area (Å²) in [7, 11) is 0. The third-order valence-corrected chi connectivity index (χ3v) is 4.21. The van der Waals surface area contributed by atoms with Crippen LogP contribution >= 0.6 is 15.9 Å². The van der Waals surface area contributed by atoms with Gasteiger partial charge >= 0.3 is 0 Å². The molecule has 0 spiro atoms. The minimum atomic E-state index is 0.0321. The number of alkyl halides is 1. The average Bonchev–Trinajstić information content (AvgIpc) is 2.33. The van der Waals surface area contributed by atoms with Crippen LogP contribution in [0.2, 0.25) is 0 Å². The summed E-state index contributed by atoms with van der Waals surface area (Å²) >= 11 is 3.47. The maximum Gasteiger partial charge on any atom is 0.261 e. The molecule has 0 aliphatic heterocycles. The van der Waals surface area contributed by atoms with Gasteiger partial charge in [-0.3, -0.25) is 9.36 Å². The summed E-state index contributed by atoms with van der Waals surface area (Å²) < 4.78 is 1.68. The van der Waals surface area contributed by atoms with E-state index in [0.29, 0.717) is 11.9 Å². The van der Waals surface area contributed by atoms with Crippen molar-refractivity contribution in [2.75, 3.05) is 5.33 Å². The van der Waals surface area contributed by atoms with Crippen LogP contribution in [0.1, 0.15) is 13.8 Å². The SMILES string of the molecule is CC(C)(CBr)Cn1cnc2ccccc2c1=O. The molecular weight excluding hydrogens is 280 g/mol. The summed E-state index contributed by atoms with van der Waals surface area (Å²) in [5.41, 5.74) is 0.823. The first kappa shape index (κ1) is 12.3. The molecule has 0 fully saturated rings. The molecule has 90 valence electrons. The largest absolute Gasteiger partial charge is 0.298 e. The van der Waals surface area contributed by atoms with Crippen LogP contribution in [0.5, 0.6) is 0 Å². The lowest BCUT2D eigenvalue weighted by Crippen LogP contribution is -2.29. The highest BCUT2D eigenvalue weighted by Gasteiger charge is 2.18. The van der Waals surface area contributed by atoms with Gasteiger partial charge in [-0.15, -0.1) is 0 Å². The van der Waals surface area contributed by atoms with E-state index in [-0.39, 0.29) is 11.0 Å². The topological polar surface area (TPSA) is 34.9 Å². The molecule has 1 aromatic heterocycles. The zero-order chi connectivity index (χ0) is 12.5. The average molecular weight is 295 g/mol. The molecule has 3 nitrogen and oxygen atoms in total. The van der Waals surface area contributed by atoms with E-state index in [0.717, 1.165) is 10.8 Å². The Labute approximate surface area is 109 Å². The highest BCUT2D eigenvalue weighted by Crippen LogP contribution is 2.20. The summed E-state index contributed by atoms with van der Waals surface area (Å²) in [6.45, 7) is 4.89. The normalized spacial score (nSPS) is 11.9. The van der Waals surface area contributed by atoms with E-state index in [2.05, 4.69) is 34.8 Å². The molecular formula is C13H15BrN2O. The van der Waals surface area contributed by atoms with E-state index in [9.17, 15) is 4.79 Å². The van der Waals surface area contributed by atoms with Crippen molar-refractivity contribution in [1.29, 1.82) is 0 Å². The van der Waals surface area contributed by atoms with Gasteiger partial charge in [-0.05, 0) is 17.5 Å². The van der Waals surface area contributed by atoms with E-state index < -0.39 is 0 Å². The number of hydrogen-bond donors (Lipinski definition) is 0. The van der Waals surface area contributed by atoms with Gasteiger partial charge in [0.05, 0.1) is 17.2 Å². The second-order valence-corrected chi connectivity index (χ2v) is 5.55. The predicted molar refractivity (Wildman–Crippen MR) is 73.6 cm³/mol. The zero-order valence-corrected chi connectivity index (χ0v) is 11.6. The van der Waals surface area contributed by atoms with E-state index in [1.807, 2.05) is 24.3 Å². The molecule has 0 saturated carbocycles. The number of aromatic nitrogens is 2. The van der Waals surface area contributed by atoms with Gasteiger partial charge in [0, 0.05) is 11.9 Å². The van der Waals surface area contributed by atoms with Crippen LogP contribution in [-0.4, -0.2) is 14.9 Å². The molecule has 0 N–H and O–H groups in total. The van der Waals surface area contributed by atoms with E-state index >= 15 is 0 Å². The molecule has 0 radical (unpaired) electrons. The maximum absolute atomic E-state index is 12.2. The third-order valence-electron chi connectivity index (χ3n) is 2.69. The summed E-state index contributed by atoms with van der Waals surface area (Å²) in [5.74, 6) is 0. The minimum Gasteiger partial charge on any atom is -0.298 e. The highest BCUT2D eigenvalue weighted by molar-refractivity contribution is 9.09. The molecule has 4 heteroatoms. The highest BCUT2D eigenvalue weighted by atomic mass is 79.9. The first-order chi connectivity index (χ1) is 8.03. The predicted octanol–water partition coefficient (Wildman–Crippen LogP) is 2.82. The Morgan fingerprint density at radius 3 is 2.76 bits per heavy atom. The van der Waals surface area contributed by atoms with Crippen LogP contribution in [0.15, 0.2) is 35.4 Å². The van der Waals surface area contributed by atoms with Crippen LogP contribution in [-0.2, 0) is 6.54 Å². The molecule has 17 heavy (non-hydrogen) atoms. The zero-order valence-electron chi connectivity index (χ0n) is 9.98. The standard InChI is InChI=1S/C13H15BrN2O/c1-13(2,7-14)8-16-9-15-11-6-4-3-5-10(11)12(16)17/h3-6,9H,7-8H2,1-2H3. The van der Waals surface area contributed by atoms with Crippen LogP contribution < -0.4 is 5.56 Å². The van der Waals surface area contributed by atoms with Crippen LogP contribution in [0.25, 0.3) is 10.9 Å². The molecule has 0 amide bonds. The van der Waals surface area contributed by atoms with Crippen LogP contribution in [0.3, 0.4) is 0 Å². The summed E-state index contributed by atoms with van der Waals surface area (Å²) in [6.07, 6.45) is 1.63. The Hall–Kier alpha value is -1.16. The van der Waals surface area contributed by atoms with Gasteiger partial charge in [0.2, 0.25) is 0 Å². The number of rotatable bonds is 3. The number of halogens is 1. The number of para-hydroxylation sites is 1. The van der Waals surface area contributed by atoms with Crippen molar-refractivity contribution in [3.05, 3.63) is 40.9 Å². The van der Waals surface area contributed by atoms with Gasteiger partial charge in [0.1, 0.15) is 0 Å². The number of benzene rings is 1. The first-order valence-electron chi connectivity index (χ1n) is 5.54. The van der Waals surface area contributed by atoms with Crippen molar-refractivity contribution in [1.82, 2.24) is 9.55 Å². The van der Waals surface area contributed by atoms with Crippen molar-refractivity contribution in [2.45, 2.75) is 20.4 Å². The minimum absolute atomic E-state index is 0.0321. The van der Waals surface area contributed by atoms with Gasteiger partial charge in [-0.1, -0.05) is 41.9 Å². The Balaban J connectivity index is 2.50. The van der Waals surface area contributed by atoms with Crippen molar-refractivity contribution in [3.8, 4) is 0 Å². The number of fused-ring (bicyclic) bond motifs is 1. The lowest BCUT2D eigenvalue weighted by atomic mass is 9.97. The maximum atomic E-state index is 12.2. The Kier molecular flexibility index (Phi) is 3.33. The first-order valence-corrected chi connectivity index (χ1v) is 6.66. The summed E-state index contributed by atoms with van der Waals surface area (Å²) in [5, 5.41) is 1.53. The van der Waals surface area contributed by atoms with Crippen molar-refractivity contribution in [2.24, 2.45) is 5.41 Å². The molecule has 1 aromatic carbocycles. The molecule has 0 bridgehead atoms. The van der Waals surface area contributed by atoms with Crippen LogP contribution in [0.4, 0.5) is 0 Å². The van der Waals surface area contributed by atoms with Gasteiger partial charge in [0.25, 0.3) is 5.56 Å². The van der Waals surface area contributed by atoms with Gasteiger partial charge < -0.3 is 0 Å².